The van der Waals surface area contributed by atoms with Gasteiger partial charge in [-0.15, -0.1) is 0 Å². The molecule has 1 aliphatic rings. The van der Waals surface area contributed by atoms with Crippen molar-refractivity contribution in [1.29, 1.82) is 5.26 Å². The zero-order chi connectivity index (χ0) is 16.8. The molecule has 0 unspecified atom stereocenters. The van der Waals surface area contributed by atoms with Crippen molar-refractivity contribution in [2.75, 3.05) is 6.54 Å². The fraction of sp³-hybridized carbons (Fsp3) is 0.176. The molecule has 0 saturated carbocycles. The summed E-state index contributed by atoms with van der Waals surface area (Å²) < 4.78 is 0. The number of aliphatic imine (C=N–C) groups is 1. The summed E-state index contributed by atoms with van der Waals surface area (Å²) in [6.45, 7) is 2.53. The van der Waals surface area contributed by atoms with E-state index in [1.807, 2.05) is 31.3 Å². The van der Waals surface area contributed by atoms with Gasteiger partial charge in [0.15, 0.2) is 5.96 Å². The Hall–Kier alpha value is -3.40. The van der Waals surface area contributed by atoms with Crippen molar-refractivity contribution in [2.24, 2.45) is 4.99 Å². The number of nitriles is 1. The summed E-state index contributed by atoms with van der Waals surface area (Å²) in [6, 6.07) is 7.74. The standard InChI is InChI=1S/C17H17N7/c1-12-9-22-17(21-7-5-13-10-19-11-23-13)24-16(12)14(8-18)15-4-2-3-6-20-15/h2-4,6,9-11H,5,7H2,1H3,(H,19,23)(H2,21,22,24). The predicted molar refractivity (Wildman–Crippen MR) is 91.4 cm³/mol. The van der Waals surface area contributed by atoms with Crippen LogP contribution in [0.2, 0.25) is 0 Å². The number of rotatable bonds is 4. The number of H-pyrrole nitrogens is 1. The van der Waals surface area contributed by atoms with Crippen LogP contribution in [0.4, 0.5) is 0 Å². The highest BCUT2D eigenvalue weighted by molar-refractivity contribution is 5.90. The summed E-state index contributed by atoms with van der Waals surface area (Å²) in [5.41, 5.74) is 3.80. The third kappa shape index (κ3) is 3.50. The van der Waals surface area contributed by atoms with Gasteiger partial charge < -0.3 is 15.6 Å². The number of hydrogen-bond donors (Lipinski definition) is 3. The Morgan fingerprint density at radius 2 is 2.29 bits per heavy atom. The monoisotopic (exact) mass is 319 g/mol. The number of nitrogens with zero attached hydrogens (tertiary/aromatic N) is 4. The number of hydrogen-bond acceptors (Lipinski definition) is 4. The van der Waals surface area contributed by atoms with E-state index in [0.717, 1.165) is 23.4 Å². The number of pyridine rings is 1. The Labute approximate surface area is 139 Å². The largest absolute Gasteiger partial charge is 0.348 e. The highest BCUT2D eigenvalue weighted by Crippen LogP contribution is 2.20. The van der Waals surface area contributed by atoms with Crippen LogP contribution in [-0.4, -0.2) is 27.5 Å². The number of aromatic nitrogens is 3. The zero-order valence-electron chi connectivity index (χ0n) is 13.2. The first-order valence-corrected chi connectivity index (χ1v) is 7.56. The molecule has 0 atom stereocenters. The molecule has 24 heavy (non-hydrogen) atoms. The van der Waals surface area contributed by atoms with Gasteiger partial charge in [-0.3, -0.25) is 9.98 Å². The van der Waals surface area contributed by atoms with Crippen LogP contribution in [0.1, 0.15) is 18.3 Å². The third-order valence-electron chi connectivity index (χ3n) is 3.55. The van der Waals surface area contributed by atoms with E-state index in [4.69, 9.17) is 0 Å². The van der Waals surface area contributed by atoms with Gasteiger partial charge >= 0.3 is 0 Å². The first kappa shape index (κ1) is 15.5. The minimum Gasteiger partial charge on any atom is -0.348 e. The van der Waals surface area contributed by atoms with Crippen LogP contribution in [0.3, 0.4) is 0 Å². The van der Waals surface area contributed by atoms with Gasteiger partial charge in [0.1, 0.15) is 11.6 Å². The molecule has 0 bridgehead atoms. The van der Waals surface area contributed by atoms with Gasteiger partial charge in [-0.1, -0.05) is 6.07 Å². The topological polar surface area (TPSA) is 102 Å². The lowest BCUT2D eigenvalue weighted by atomic mass is 10.1. The normalized spacial score (nSPS) is 17.5. The first-order chi connectivity index (χ1) is 11.8. The van der Waals surface area contributed by atoms with Crippen molar-refractivity contribution in [3.05, 3.63) is 65.8 Å². The Kier molecular flexibility index (Phi) is 4.68. The number of imidazole rings is 1. The second-order valence-electron chi connectivity index (χ2n) is 5.23. The molecule has 2 aromatic heterocycles. The highest BCUT2D eigenvalue weighted by Gasteiger charge is 2.17. The predicted octanol–water partition coefficient (Wildman–Crippen LogP) is 1.73. The van der Waals surface area contributed by atoms with Crippen LogP contribution in [0, 0.1) is 11.3 Å². The molecule has 120 valence electrons. The number of aromatic amines is 1. The Bertz CT molecular complexity index is 824. The first-order valence-electron chi connectivity index (χ1n) is 7.56. The summed E-state index contributed by atoms with van der Waals surface area (Å²) in [6.07, 6.45) is 7.71. The molecule has 3 heterocycles. The van der Waals surface area contributed by atoms with Crippen LogP contribution < -0.4 is 10.6 Å². The molecule has 0 amide bonds. The molecule has 7 heteroatoms. The maximum absolute atomic E-state index is 9.55. The van der Waals surface area contributed by atoms with Crippen LogP contribution in [0.25, 0.3) is 5.57 Å². The van der Waals surface area contributed by atoms with Crippen LogP contribution in [0.5, 0.6) is 0 Å². The van der Waals surface area contributed by atoms with E-state index in [2.05, 4.69) is 36.6 Å². The second kappa shape index (κ2) is 7.24. The lowest BCUT2D eigenvalue weighted by molar-refractivity contribution is 0.893. The molecule has 0 radical (unpaired) electrons. The van der Waals surface area contributed by atoms with Crippen molar-refractivity contribution in [3.63, 3.8) is 0 Å². The molecule has 3 rings (SSSR count). The maximum Gasteiger partial charge on any atom is 0.199 e. The number of nitrogens with one attached hydrogen (secondary N) is 3. The van der Waals surface area contributed by atoms with Crippen molar-refractivity contribution in [2.45, 2.75) is 13.3 Å². The summed E-state index contributed by atoms with van der Waals surface area (Å²) >= 11 is 0. The van der Waals surface area contributed by atoms with Crippen molar-refractivity contribution in [1.82, 2.24) is 25.6 Å². The zero-order valence-corrected chi connectivity index (χ0v) is 13.2. The molecule has 0 spiro atoms. The summed E-state index contributed by atoms with van der Waals surface area (Å²) in [5, 5.41) is 15.8. The molecular formula is C17H17N7. The van der Waals surface area contributed by atoms with Gasteiger partial charge in [-0.25, -0.2) is 4.98 Å². The molecule has 1 aliphatic heterocycles. The lowest BCUT2D eigenvalue weighted by Crippen LogP contribution is -2.39. The average Bonchev–Trinajstić information content (AvgIpc) is 3.12. The Balaban J connectivity index is 1.81. The van der Waals surface area contributed by atoms with E-state index >= 15 is 0 Å². The van der Waals surface area contributed by atoms with Gasteiger partial charge in [0, 0.05) is 37.3 Å². The van der Waals surface area contributed by atoms with Gasteiger partial charge in [0.2, 0.25) is 0 Å². The fourth-order valence-corrected chi connectivity index (χ4v) is 2.31. The van der Waals surface area contributed by atoms with E-state index in [-0.39, 0.29) is 0 Å². The van der Waals surface area contributed by atoms with Gasteiger partial charge in [0.25, 0.3) is 0 Å². The van der Waals surface area contributed by atoms with E-state index < -0.39 is 0 Å². The maximum atomic E-state index is 9.55. The minimum absolute atomic E-state index is 0.493. The summed E-state index contributed by atoms with van der Waals surface area (Å²) in [4.78, 5) is 15.8. The van der Waals surface area contributed by atoms with E-state index in [1.54, 1.807) is 18.7 Å². The molecule has 2 aromatic rings. The van der Waals surface area contributed by atoms with E-state index in [9.17, 15) is 5.26 Å². The quantitative estimate of drug-likeness (QED) is 0.745. The summed E-state index contributed by atoms with van der Waals surface area (Å²) in [5.74, 6) is 0.610. The van der Waals surface area contributed by atoms with Crippen molar-refractivity contribution >= 4 is 11.5 Å². The SMILES string of the molecule is CC1=CNC(=NCCc2cnc[nH]2)NC1=C(C#N)c1ccccn1. The van der Waals surface area contributed by atoms with Gasteiger partial charge in [-0.05, 0) is 24.6 Å². The van der Waals surface area contributed by atoms with E-state index in [0.29, 0.717) is 23.8 Å². The van der Waals surface area contributed by atoms with Crippen LogP contribution in [0.15, 0.2) is 59.4 Å². The average molecular weight is 319 g/mol. The molecule has 0 aromatic carbocycles. The van der Waals surface area contributed by atoms with Crippen molar-refractivity contribution < 1.29 is 0 Å². The number of guanidine groups is 1. The van der Waals surface area contributed by atoms with Gasteiger partial charge in [-0.2, -0.15) is 5.26 Å². The van der Waals surface area contributed by atoms with Crippen molar-refractivity contribution in [3.8, 4) is 6.07 Å². The number of allylic oxidation sites excluding steroid dienone is 2. The minimum atomic E-state index is 0.493. The van der Waals surface area contributed by atoms with Crippen LogP contribution >= 0.6 is 0 Å². The third-order valence-corrected chi connectivity index (χ3v) is 3.55. The highest BCUT2D eigenvalue weighted by atomic mass is 15.2. The lowest BCUT2D eigenvalue weighted by Gasteiger charge is -2.21. The molecule has 0 saturated heterocycles. The van der Waals surface area contributed by atoms with Crippen LogP contribution in [-0.2, 0) is 6.42 Å². The molecule has 3 N–H and O–H groups in total. The second-order valence-corrected chi connectivity index (χ2v) is 5.23. The molecule has 0 aliphatic carbocycles. The molecule has 0 fully saturated rings. The Morgan fingerprint density at radius 3 is 3.00 bits per heavy atom. The Morgan fingerprint density at radius 1 is 1.38 bits per heavy atom. The summed E-state index contributed by atoms with van der Waals surface area (Å²) in [7, 11) is 0. The van der Waals surface area contributed by atoms with Gasteiger partial charge in [0.05, 0.1) is 17.7 Å². The van der Waals surface area contributed by atoms with E-state index in [1.165, 1.54) is 0 Å². The molecular weight excluding hydrogens is 302 g/mol. The molecule has 7 nitrogen and oxygen atoms in total. The smallest absolute Gasteiger partial charge is 0.199 e. The fourth-order valence-electron chi connectivity index (χ4n) is 2.31.